The molecule has 0 N–H and O–H groups in total. The van der Waals surface area contributed by atoms with E-state index in [1.165, 1.54) is 60.7 Å². The van der Waals surface area contributed by atoms with Gasteiger partial charge in [-0.1, -0.05) is 18.7 Å². The predicted octanol–water partition coefficient (Wildman–Crippen LogP) is 6.35. The molecule has 0 heterocycles. The summed E-state index contributed by atoms with van der Waals surface area (Å²) < 4.78 is 26.9. The van der Waals surface area contributed by atoms with Crippen molar-refractivity contribution in [3.05, 3.63) is 131 Å². The summed E-state index contributed by atoms with van der Waals surface area (Å²) in [7, 11) is 0. The van der Waals surface area contributed by atoms with Gasteiger partial charge in [-0.25, -0.2) is 19.2 Å². The lowest BCUT2D eigenvalue weighted by molar-refractivity contribution is -0.137. The van der Waals surface area contributed by atoms with E-state index >= 15 is 0 Å². The Morgan fingerprint density at radius 1 is 0.630 bits per heavy atom. The normalized spacial score (nSPS) is 10.3. The van der Waals surface area contributed by atoms with Gasteiger partial charge in [-0.3, -0.25) is 4.79 Å². The lowest BCUT2D eigenvalue weighted by Gasteiger charge is -2.11. The number of benzene rings is 4. The molecule has 0 radical (unpaired) electrons. The van der Waals surface area contributed by atoms with E-state index in [0.717, 1.165) is 6.08 Å². The highest BCUT2D eigenvalue weighted by Gasteiger charge is 2.15. The first-order chi connectivity index (χ1) is 22.2. The van der Waals surface area contributed by atoms with E-state index < -0.39 is 23.9 Å². The molecule has 0 aliphatic carbocycles. The number of unbranched alkanes of at least 4 members (excludes halogenated alkanes) is 1. The molecule has 0 unspecified atom stereocenters. The fraction of sp³-hybridized carbons (Fsp3) is 0.139. The van der Waals surface area contributed by atoms with Gasteiger partial charge < -0.3 is 23.7 Å². The van der Waals surface area contributed by atoms with Crippen LogP contribution in [0.4, 0.5) is 0 Å². The van der Waals surface area contributed by atoms with Crippen molar-refractivity contribution in [2.45, 2.75) is 19.8 Å². The standard InChI is InChI=1S/C36H30O10/c1-3-33(38)43-21-5-4-20-42-29-14-10-28(11-15-29)36(41)46-32-19-18-31(22-24(32)2)45-35(40)27-12-16-30(17-13-27)44-34(39)26-8-6-25(23-37)7-9-26/h3,6-19,22-23H,1,4-5,20-21H2,2H3. The maximum Gasteiger partial charge on any atom is 0.343 e. The molecule has 0 bridgehead atoms. The van der Waals surface area contributed by atoms with Crippen molar-refractivity contribution < 1.29 is 47.7 Å². The molecule has 0 aromatic heterocycles. The fourth-order valence-corrected chi connectivity index (χ4v) is 3.96. The molecule has 234 valence electrons. The van der Waals surface area contributed by atoms with Crippen LogP contribution in [0.1, 0.15) is 59.8 Å². The van der Waals surface area contributed by atoms with Crippen LogP contribution in [0.15, 0.2) is 104 Å². The number of hydrogen-bond donors (Lipinski definition) is 0. The van der Waals surface area contributed by atoms with Crippen molar-refractivity contribution in [2.24, 2.45) is 0 Å². The smallest absolute Gasteiger partial charge is 0.343 e. The van der Waals surface area contributed by atoms with Crippen LogP contribution < -0.4 is 18.9 Å². The average Bonchev–Trinajstić information content (AvgIpc) is 3.07. The third kappa shape index (κ3) is 9.48. The highest BCUT2D eigenvalue weighted by Crippen LogP contribution is 2.26. The topological polar surface area (TPSA) is 132 Å². The second-order valence-electron chi connectivity index (χ2n) is 9.81. The molecule has 0 saturated carbocycles. The molecule has 10 nitrogen and oxygen atoms in total. The summed E-state index contributed by atoms with van der Waals surface area (Å²) in [6, 6.07) is 23.0. The highest BCUT2D eigenvalue weighted by atomic mass is 16.5. The second-order valence-corrected chi connectivity index (χ2v) is 9.81. The van der Waals surface area contributed by atoms with Crippen LogP contribution in [0.5, 0.6) is 23.0 Å². The first kappa shape index (κ1) is 32.9. The Morgan fingerprint density at radius 2 is 1.13 bits per heavy atom. The molecule has 4 rings (SSSR count). The Bertz CT molecular complexity index is 1710. The van der Waals surface area contributed by atoms with Crippen LogP contribution in [0.3, 0.4) is 0 Å². The van der Waals surface area contributed by atoms with Crippen LogP contribution in [0, 0.1) is 6.92 Å². The quantitative estimate of drug-likeness (QED) is 0.0515. The van der Waals surface area contributed by atoms with Crippen molar-refractivity contribution in [1.82, 2.24) is 0 Å². The van der Waals surface area contributed by atoms with Crippen molar-refractivity contribution in [3.63, 3.8) is 0 Å². The highest BCUT2D eigenvalue weighted by molar-refractivity contribution is 5.93. The molecule has 0 fully saturated rings. The van der Waals surface area contributed by atoms with Crippen molar-refractivity contribution in [3.8, 4) is 23.0 Å². The van der Waals surface area contributed by atoms with Crippen molar-refractivity contribution in [1.29, 1.82) is 0 Å². The van der Waals surface area contributed by atoms with Gasteiger partial charge in [-0.05, 0) is 104 Å². The van der Waals surface area contributed by atoms with Crippen LogP contribution in [-0.2, 0) is 9.53 Å². The van der Waals surface area contributed by atoms with E-state index in [9.17, 15) is 24.0 Å². The number of carbonyl (C=O) groups is 5. The van der Waals surface area contributed by atoms with Gasteiger partial charge in [-0.2, -0.15) is 0 Å². The maximum atomic E-state index is 12.7. The number of aldehydes is 1. The molecule has 0 aliphatic rings. The van der Waals surface area contributed by atoms with Crippen molar-refractivity contribution >= 4 is 30.2 Å². The van der Waals surface area contributed by atoms with E-state index in [-0.39, 0.29) is 22.6 Å². The minimum absolute atomic E-state index is 0.227. The number of hydrogen-bond acceptors (Lipinski definition) is 10. The maximum absolute atomic E-state index is 12.7. The van der Waals surface area contributed by atoms with Gasteiger partial charge in [0.2, 0.25) is 0 Å². The molecule has 0 spiro atoms. The molecule has 0 atom stereocenters. The van der Waals surface area contributed by atoms with E-state index in [4.69, 9.17) is 23.7 Å². The molecule has 0 amide bonds. The van der Waals surface area contributed by atoms with Crippen LogP contribution in [0.25, 0.3) is 0 Å². The summed E-state index contributed by atoms with van der Waals surface area (Å²) in [6.07, 6.45) is 3.13. The zero-order chi connectivity index (χ0) is 32.9. The van der Waals surface area contributed by atoms with Crippen LogP contribution >= 0.6 is 0 Å². The number of rotatable bonds is 14. The molecule has 4 aromatic carbocycles. The Kier molecular flexibility index (Phi) is 11.5. The number of ether oxygens (including phenoxy) is 5. The summed E-state index contributed by atoms with van der Waals surface area (Å²) in [5.74, 6) is -0.908. The van der Waals surface area contributed by atoms with Gasteiger partial charge in [0, 0.05) is 11.6 Å². The summed E-state index contributed by atoms with van der Waals surface area (Å²) in [6.45, 7) is 5.76. The van der Waals surface area contributed by atoms with E-state index in [1.54, 1.807) is 37.3 Å². The number of aryl methyl sites for hydroxylation is 1. The van der Waals surface area contributed by atoms with E-state index in [2.05, 4.69) is 6.58 Å². The van der Waals surface area contributed by atoms with Gasteiger partial charge in [0.1, 0.15) is 29.3 Å². The monoisotopic (exact) mass is 622 g/mol. The number of carbonyl (C=O) groups excluding carboxylic acids is 5. The summed E-state index contributed by atoms with van der Waals surface area (Å²) in [5.41, 5.74) is 1.83. The molecule has 4 aromatic rings. The van der Waals surface area contributed by atoms with Crippen LogP contribution in [-0.4, -0.2) is 43.4 Å². The summed E-state index contributed by atoms with van der Waals surface area (Å²) in [5, 5.41) is 0. The molecule has 0 aliphatic heterocycles. The lowest BCUT2D eigenvalue weighted by Crippen LogP contribution is -2.11. The van der Waals surface area contributed by atoms with Crippen LogP contribution in [0.2, 0.25) is 0 Å². The summed E-state index contributed by atoms with van der Waals surface area (Å²) >= 11 is 0. The minimum Gasteiger partial charge on any atom is -0.494 e. The SMILES string of the molecule is C=CC(=O)OCCCCOc1ccc(C(=O)Oc2ccc(OC(=O)c3ccc(OC(=O)c4ccc(C=O)cc4)cc3)cc2C)cc1. The van der Waals surface area contributed by atoms with Gasteiger partial charge in [0.25, 0.3) is 0 Å². The van der Waals surface area contributed by atoms with Gasteiger partial charge in [-0.15, -0.1) is 0 Å². The summed E-state index contributed by atoms with van der Waals surface area (Å²) in [4.78, 5) is 59.5. The van der Waals surface area contributed by atoms with Gasteiger partial charge in [0.05, 0.1) is 29.9 Å². The zero-order valence-corrected chi connectivity index (χ0v) is 24.9. The van der Waals surface area contributed by atoms with Gasteiger partial charge >= 0.3 is 23.9 Å². The Morgan fingerprint density at radius 3 is 1.70 bits per heavy atom. The van der Waals surface area contributed by atoms with Gasteiger partial charge in [0.15, 0.2) is 0 Å². The zero-order valence-electron chi connectivity index (χ0n) is 24.9. The van der Waals surface area contributed by atoms with E-state index in [1.807, 2.05) is 0 Å². The molecule has 0 saturated heterocycles. The molecule has 46 heavy (non-hydrogen) atoms. The third-order valence-corrected chi connectivity index (χ3v) is 6.45. The average molecular weight is 623 g/mol. The van der Waals surface area contributed by atoms with Crippen molar-refractivity contribution in [2.75, 3.05) is 13.2 Å². The first-order valence-corrected chi connectivity index (χ1v) is 14.2. The number of esters is 4. The second kappa shape index (κ2) is 16.2. The molecule has 10 heteroatoms. The largest absolute Gasteiger partial charge is 0.494 e. The lowest BCUT2D eigenvalue weighted by atomic mass is 10.1. The third-order valence-electron chi connectivity index (χ3n) is 6.45. The Hall–Kier alpha value is -6.03. The Balaban J connectivity index is 1.25. The molecular weight excluding hydrogens is 592 g/mol. The predicted molar refractivity (Wildman–Crippen MR) is 167 cm³/mol. The fourth-order valence-electron chi connectivity index (χ4n) is 3.96. The first-order valence-electron chi connectivity index (χ1n) is 14.2. The minimum atomic E-state index is -0.634. The Labute approximate surface area is 265 Å². The van der Waals surface area contributed by atoms with E-state index in [0.29, 0.717) is 60.5 Å². The molecular formula is C36H30O10.